The third-order valence-electron chi connectivity index (χ3n) is 3.23. The summed E-state index contributed by atoms with van der Waals surface area (Å²) in [4.78, 5) is 12.1. The number of sulfone groups is 1. The summed E-state index contributed by atoms with van der Waals surface area (Å²) in [5.41, 5.74) is 0.276. The van der Waals surface area contributed by atoms with E-state index in [4.69, 9.17) is 39.5 Å². The highest BCUT2D eigenvalue weighted by Gasteiger charge is 2.14. The first-order valence-corrected chi connectivity index (χ1v) is 11.4. The van der Waals surface area contributed by atoms with Crippen LogP contribution in [0.1, 0.15) is 10.4 Å². The fourth-order valence-electron chi connectivity index (χ4n) is 1.98. The van der Waals surface area contributed by atoms with Gasteiger partial charge in [0, 0.05) is 26.6 Å². The fourth-order valence-corrected chi connectivity index (χ4v) is 5.17. The average molecular weight is 454 g/mol. The zero-order valence-electron chi connectivity index (χ0n) is 13.5. The van der Waals surface area contributed by atoms with Gasteiger partial charge in [-0.15, -0.1) is 0 Å². The Kier molecular flexibility index (Phi) is 8.10. The molecule has 9 heteroatoms. The molecule has 2 rings (SSSR count). The molecule has 0 radical (unpaired) electrons. The molecule has 0 aliphatic carbocycles. The van der Waals surface area contributed by atoms with E-state index in [-0.39, 0.29) is 22.8 Å². The lowest BCUT2D eigenvalue weighted by Gasteiger charge is -2.07. The van der Waals surface area contributed by atoms with E-state index in [1.807, 2.05) is 0 Å². The standard InChI is InChI=1S/C17H15Cl3O4S2/c18-13-1-3-16(4-2-13)26(22,23)8-7-25-6-5-24-17(21)12-9-14(19)11-15(20)10-12/h1-4,9-11H,5-8H2. The van der Waals surface area contributed by atoms with Crippen LogP contribution in [-0.4, -0.2) is 38.3 Å². The molecule has 26 heavy (non-hydrogen) atoms. The second kappa shape index (κ2) is 9.85. The Bertz CT molecular complexity index is 848. The SMILES string of the molecule is O=C(OCCSCCS(=O)(=O)c1ccc(Cl)cc1)c1cc(Cl)cc(Cl)c1. The van der Waals surface area contributed by atoms with Gasteiger partial charge in [0.05, 0.1) is 16.2 Å². The topological polar surface area (TPSA) is 60.4 Å². The van der Waals surface area contributed by atoms with E-state index in [0.29, 0.717) is 26.6 Å². The second-order valence-corrected chi connectivity index (χ2v) is 9.82. The molecule has 0 unspecified atom stereocenters. The van der Waals surface area contributed by atoms with E-state index in [2.05, 4.69) is 0 Å². The highest BCUT2D eigenvalue weighted by atomic mass is 35.5. The quantitative estimate of drug-likeness (QED) is 0.415. The normalized spacial score (nSPS) is 11.3. The Morgan fingerprint density at radius 1 is 0.923 bits per heavy atom. The van der Waals surface area contributed by atoms with Crippen LogP contribution in [-0.2, 0) is 14.6 Å². The van der Waals surface area contributed by atoms with Gasteiger partial charge < -0.3 is 4.74 Å². The maximum absolute atomic E-state index is 12.2. The van der Waals surface area contributed by atoms with Crippen molar-refractivity contribution in [3.8, 4) is 0 Å². The number of hydrogen-bond acceptors (Lipinski definition) is 5. The smallest absolute Gasteiger partial charge is 0.338 e. The predicted octanol–water partition coefficient (Wildman–Crippen LogP) is 5.01. The number of carbonyl (C=O) groups excluding carboxylic acids is 1. The molecular weight excluding hydrogens is 439 g/mol. The van der Waals surface area contributed by atoms with Gasteiger partial charge in [0.25, 0.3) is 0 Å². The van der Waals surface area contributed by atoms with E-state index in [1.165, 1.54) is 42.1 Å². The van der Waals surface area contributed by atoms with Gasteiger partial charge in [-0.1, -0.05) is 34.8 Å². The minimum Gasteiger partial charge on any atom is -0.461 e. The summed E-state index contributed by atoms with van der Waals surface area (Å²) in [7, 11) is -3.35. The molecule has 0 amide bonds. The molecule has 2 aromatic carbocycles. The molecule has 0 spiro atoms. The number of ether oxygens (including phenoxy) is 1. The number of carbonyl (C=O) groups is 1. The molecule has 140 valence electrons. The van der Waals surface area contributed by atoms with Crippen molar-refractivity contribution in [1.29, 1.82) is 0 Å². The van der Waals surface area contributed by atoms with Gasteiger partial charge in [0.2, 0.25) is 0 Å². The number of halogens is 3. The fraction of sp³-hybridized carbons (Fsp3) is 0.235. The Morgan fingerprint density at radius 2 is 1.54 bits per heavy atom. The van der Waals surface area contributed by atoms with E-state index in [9.17, 15) is 13.2 Å². The van der Waals surface area contributed by atoms with E-state index < -0.39 is 15.8 Å². The summed E-state index contributed by atoms with van der Waals surface area (Å²) in [6.45, 7) is 0.161. The van der Waals surface area contributed by atoms with Crippen LogP contribution in [0.15, 0.2) is 47.4 Å². The maximum Gasteiger partial charge on any atom is 0.338 e. The van der Waals surface area contributed by atoms with E-state index >= 15 is 0 Å². The van der Waals surface area contributed by atoms with Crippen molar-refractivity contribution in [1.82, 2.24) is 0 Å². The predicted molar refractivity (Wildman–Crippen MR) is 108 cm³/mol. The second-order valence-electron chi connectivity index (χ2n) is 5.18. The van der Waals surface area contributed by atoms with Crippen LogP contribution in [0.2, 0.25) is 15.1 Å². The van der Waals surface area contributed by atoms with Gasteiger partial charge in [-0.3, -0.25) is 0 Å². The van der Waals surface area contributed by atoms with E-state index in [0.717, 1.165) is 0 Å². The van der Waals surface area contributed by atoms with Gasteiger partial charge in [-0.05, 0) is 42.5 Å². The van der Waals surface area contributed by atoms with Crippen LogP contribution in [0.4, 0.5) is 0 Å². The zero-order chi connectivity index (χ0) is 19.2. The Labute approximate surface area is 171 Å². The summed E-state index contributed by atoms with van der Waals surface area (Å²) < 4.78 is 29.5. The van der Waals surface area contributed by atoms with Crippen LogP contribution >= 0.6 is 46.6 Å². The summed E-state index contributed by atoms with van der Waals surface area (Å²) in [5.74, 6) is 0.350. The van der Waals surface area contributed by atoms with Gasteiger partial charge in [0.15, 0.2) is 9.84 Å². The Hall–Kier alpha value is -0.920. The molecule has 0 N–H and O–H groups in total. The minimum absolute atomic E-state index is 0.00283. The van der Waals surface area contributed by atoms with Crippen LogP contribution in [0.25, 0.3) is 0 Å². The van der Waals surface area contributed by atoms with Crippen LogP contribution in [0.3, 0.4) is 0 Å². The molecule has 2 aromatic rings. The van der Waals surface area contributed by atoms with Gasteiger partial charge >= 0.3 is 5.97 Å². The molecule has 0 saturated carbocycles. The van der Waals surface area contributed by atoms with Crippen LogP contribution in [0.5, 0.6) is 0 Å². The first-order valence-electron chi connectivity index (χ1n) is 7.47. The van der Waals surface area contributed by atoms with Crippen molar-refractivity contribution in [3.63, 3.8) is 0 Å². The van der Waals surface area contributed by atoms with Crippen molar-refractivity contribution in [2.45, 2.75) is 4.90 Å². The van der Waals surface area contributed by atoms with Crippen LogP contribution < -0.4 is 0 Å². The van der Waals surface area contributed by atoms with Gasteiger partial charge in [0.1, 0.15) is 6.61 Å². The minimum atomic E-state index is -3.35. The Morgan fingerprint density at radius 3 is 2.15 bits per heavy atom. The summed E-state index contributed by atoms with van der Waals surface area (Å²) in [5, 5.41) is 1.19. The molecule has 0 bridgehead atoms. The summed E-state index contributed by atoms with van der Waals surface area (Å²) in [6, 6.07) is 10.5. The molecule has 0 saturated heterocycles. The number of esters is 1. The monoisotopic (exact) mass is 452 g/mol. The summed E-state index contributed by atoms with van der Waals surface area (Å²) >= 11 is 18.8. The van der Waals surface area contributed by atoms with Gasteiger partial charge in [-0.25, -0.2) is 13.2 Å². The highest BCUT2D eigenvalue weighted by Crippen LogP contribution is 2.20. The Balaban J connectivity index is 1.72. The lowest BCUT2D eigenvalue weighted by atomic mass is 10.2. The van der Waals surface area contributed by atoms with Crippen molar-refractivity contribution in [2.75, 3.05) is 23.9 Å². The largest absolute Gasteiger partial charge is 0.461 e. The molecule has 0 heterocycles. The molecule has 0 aliphatic heterocycles. The maximum atomic E-state index is 12.2. The number of hydrogen-bond donors (Lipinski definition) is 0. The lowest BCUT2D eigenvalue weighted by molar-refractivity contribution is 0.0530. The first-order chi connectivity index (χ1) is 12.3. The van der Waals surface area contributed by atoms with Crippen molar-refractivity contribution < 1.29 is 17.9 Å². The highest BCUT2D eigenvalue weighted by molar-refractivity contribution is 8.00. The third kappa shape index (κ3) is 6.67. The number of rotatable bonds is 8. The summed E-state index contributed by atoms with van der Waals surface area (Å²) in [6.07, 6.45) is 0. The molecular formula is C17H15Cl3O4S2. The molecule has 0 aliphatic rings. The molecule has 0 aromatic heterocycles. The lowest BCUT2D eigenvalue weighted by Crippen LogP contribution is -2.11. The van der Waals surface area contributed by atoms with E-state index in [1.54, 1.807) is 12.1 Å². The van der Waals surface area contributed by atoms with Crippen molar-refractivity contribution >= 4 is 62.4 Å². The van der Waals surface area contributed by atoms with Gasteiger partial charge in [-0.2, -0.15) is 11.8 Å². The zero-order valence-corrected chi connectivity index (χ0v) is 17.4. The van der Waals surface area contributed by atoms with Crippen molar-refractivity contribution in [3.05, 3.63) is 63.1 Å². The number of benzene rings is 2. The molecule has 4 nitrogen and oxygen atoms in total. The third-order valence-corrected chi connectivity index (χ3v) is 6.86. The average Bonchev–Trinajstić information content (AvgIpc) is 2.57. The van der Waals surface area contributed by atoms with Crippen LogP contribution in [0, 0.1) is 0 Å². The molecule has 0 fully saturated rings. The first kappa shape index (κ1) is 21.4. The van der Waals surface area contributed by atoms with Crippen molar-refractivity contribution in [2.24, 2.45) is 0 Å². The number of thioether (sulfide) groups is 1. The molecule has 0 atom stereocenters.